The number of benzene rings is 2. The zero-order chi connectivity index (χ0) is 41.5. The SMILES string of the molecule is O=C1NC2(CCCC2)C(=O)N[C@@H](Cc2c[nH]c3ccccc23)C(=O)N[C@@H](CO)C(=O)N2CCC[C@@H]2C(=O)N2[C@H](C[C@H]3CCCC[C@H]32)C(=O)N[C@H]1Cc1c[nH]c2ccccc12. The molecule has 15 nitrogen and oxygen atoms in total. The molecule has 2 aromatic carbocycles. The van der Waals surface area contributed by atoms with E-state index in [1.807, 2.05) is 54.7 Å². The first-order valence-electron chi connectivity index (χ1n) is 21.7. The smallest absolute Gasteiger partial charge is 0.248 e. The summed E-state index contributed by atoms with van der Waals surface area (Å²) in [4.78, 5) is 97.5. The van der Waals surface area contributed by atoms with Gasteiger partial charge in [0.25, 0.3) is 0 Å². The van der Waals surface area contributed by atoms with E-state index in [2.05, 4.69) is 31.2 Å². The van der Waals surface area contributed by atoms with Crippen LogP contribution in [0.4, 0.5) is 0 Å². The number of aliphatic hydroxyl groups is 1. The number of nitrogens with zero attached hydrogens (tertiary/aromatic N) is 2. The Bertz CT molecular complexity index is 2310. The van der Waals surface area contributed by atoms with Gasteiger partial charge in [-0.3, -0.25) is 28.8 Å². The van der Waals surface area contributed by atoms with Gasteiger partial charge in [-0.05, 0) is 74.1 Å². The summed E-state index contributed by atoms with van der Waals surface area (Å²) in [5, 5.41) is 24.2. The predicted molar refractivity (Wildman–Crippen MR) is 222 cm³/mol. The third kappa shape index (κ3) is 7.30. The van der Waals surface area contributed by atoms with Gasteiger partial charge in [-0.15, -0.1) is 0 Å². The molecule has 15 heteroatoms. The molecule has 7 atom stereocenters. The second-order valence-electron chi connectivity index (χ2n) is 17.5. The van der Waals surface area contributed by atoms with Gasteiger partial charge in [0.05, 0.1) is 6.61 Å². The highest BCUT2D eigenvalue weighted by Crippen LogP contribution is 2.41. The number of hydrogen-bond donors (Lipinski definition) is 7. The normalized spacial score (nSPS) is 29.1. The standard InChI is InChI=1S/C45H54N8O7/c54-25-35-42(58)52-19-9-16-37(52)43(59)53-36-15-6-1-10-26(36)22-38(53)41(57)48-34(21-28-24-47-32-14-5-3-12-30(28)32)40(56)51-45(17-7-8-18-45)44(60)50-33(39(55)49-35)20-27-23-46-31-13-4-2-11-29(27)31/h2-5,11-14,23-24,26,33-38,46-47,54H,1,6-10,15-22,25H2,(H,48,57)(H,49,55)(H,50,60)(H,51,56)/t26-,33+,34+,35+,36-,37-,38-/m1/s1. The first kappa shape index (κ1) is 39.7. The Hall–Kier alpha value is -5.70. The zero-order valence-electron chi connectivity index (χ0n) is 33.7. The third-order valence-electron chi connectivity index (χ3n) is 14.0. The molecule has 4 aromatic rings. The van der Waals surface area contributed by atoms with Gasteiger partial charge < -0.3 is 46.1 Å². The zero-order valence-corrected chi connectivity index (χ0v) is 33.7. The van der Waals surface area contributed by atoms with Crippen molar-refractivity contribution in [1.82, 2.24) is 41.0 Å². The molecule has 3 aliphatic heterocycles. The van der Waals surface area contributed by atoms with E-state index in [1.54, 1.807) is 11.1 Å². The number of H-pyrrole nitrogens is 2. The fourth-order valence-electron chi connectivity index (χ4n) is 10.9. The quantitative estimate of drug-likeness (QED) is 0.160. The molecule has 7 N–H and O–H groups in total. The Morgan fingerprint density at radius 2 is 1.25 bits per heavy atom. The van der Waals surface area contributed by atoms with Crippen molar-refractivity contribution in [2.45, 2.75) is 125 Å². The third-order valence-corrected chi connectivity index (χ3v) is 14.0. The largest absolute Gasteiger partial charge is 0.394 e. The van der Waals surface area contributed by atoms with Crippen LogP contribution in [0.2, 0.25) is 0 Å². The molecule has 3 saturated heterocycles. The molecule has 6 amide bonds. The molecule has 5 aliphatic rings. The highest BCUT2D eigenvalue weighted by atomic mass is 16.3. The number of hydrogen-bond acceptors (Lipinski definition) is 7. The van der Waals surface area contributed by atoms with Crippen molar-refractivity contribution in [2.75, 3.05) is 13.2 Å². The summed E-state index contributed by atoms with van der Waals surface area (Å²) >= 11 is 0. The van der Waals surface area contributed by atoms with Gasteiger partial charge in [-0.25, -0.2) is 0 Å². The first-order chi connectivity index (χ1) is 29.1. The molecule has 0 bridgehead atoms. The lowest BCUT2D eigenvalue weighted by atomic mass is 9.84. The van der Waals surface area contributed by atoms with E-state index in [9.17, 15) is 33.9 Å². The molecule has 2 saturated carbocycles. The van der Waals surface area contributed by atoms with Gasteiger partial charge in [0.2, 0.25) is 35.4 Å². The number of aliphatic hydroxyl groups excluding tert-OH is 1. The lowest BCUT2D eigenvalue weighted by molar-refractivity contribution is -0.150. The summed E-state index contributed by atoms with van der Waals surface area (Å²) in [6.07, 6.45) is 10.5. The molecule has 0 unspecified atom stereocenters. The molecular formula is C45H54N8O7. The fourth-order valence-corrected chi connectivity index (χ4v) is 10.9. The van der Waals surface area contributed by atoms with E-state index < -0.39 is 71.9 Å². The summed E-state index contributed by atoms with van der Waals surface area (Å²) in [7, 11) is 0. The van der Waals surface area contributed by atoms with Crippen molar-refractivity contribution in [3.63, 3.8) is 0 Å². The van der Waals surface area contributed by atoms with Crippen molar-refractivity contribution in [1.29, 1.82) is 0 Å². The molecule has 316 valence electrons. The average Bonchev–Trinajstić information content (AvgIpc) is 4.12. The van der Waals surface area contributed by atoms with Gasteiger partial charge in [0.1, 0.15) is 35.7 Å². The van der Waals surface area contributed by atoms with Crippen molar-refractivity contribution >= 4 is 57.2 Å². The van der Waals surface area contributed by atoms with Crippen LogP contribution in [0.25, 0.3) is 21.8 Å². The minimum absolute atomic E-state index is 0.0426. The summed E-state index contributed by atoms with van der Waals surface area (Å²) < 4.78 is 0. The molecule has 1 spiro atoms. The minimum Gasteiger partial charge on any atom is -0.394 e. The van der Waals surface area contributed by atoms with E-state index in [0.29, 0.717) is 44.9 Å². The Balaban J connectivity index is 1.11. The number of aromatic amines is 2. The lowest BCUT2D eigenvalue weighted by Crippen LogP contribution is -2.65. The van der Waals surface area contributed by atoms with E-state index in [-0.39, 0.29) is 37.3 Å². The van der Waals surface area contributed by atoms with E-state index in [4.69, 9.17) is 0 Å². The average molecular weight is 819 g/mol. The van der Waals surface area contributed by atoms with Crippen molar-refractivity contribution in [3.05, 3.63) is 72.1 Å². The second kappa shape index (κ2) is 16.4. The number of para-hydroxylation sites is 2. The van der Waals surface area contributed by atoms with Gasteiger partial charge in [-0.2, -0.15) is 0 Å². The van der Waals surface area contributed by atoms with Crippen LogP contribution in [0, 0.1) is 5.92 Å². The molecular weight excluding hydrogens is 765 g/mol. The topological polar surface area (TPSA) is 209 Å². The first-order valence-corrected chi connectivity index (χ1v) is 21.7. The maximum absolute atomic E-state index is 14.9. The van der Waals surface area contributed by atoms with E-state index in [1.165, 1.54) is 4.90 Å². The maximum Gasteiger partial charge on any atom is 0.248 e. The number of carbonyl (C=O) groups is 6. The number of rotatable bonds is 5. The Kier molecular flexibility index (Phi) is 10.9. The number of nitrogens with one attached hydrogen (secondary N) is 6. The fraction of sp³-hybridized carbons (Fsp3) is 0.511. The van der Waals surface area contributed by atoms with Crippen molar-refractivity contribution in [2.24, 2.45) is 5.92 Å². The van der Waals surface area contributed by atoms with E-state index in [0.717, 1.165) is 58.6 Å². The molecule has 5 fully saturated rings. The van der Waals surface area contributed by atoms with Crippen LogP contribution in [-0.4, -0.2) is 115 Å². The molecule has 2 aromatic heterocycles. The van der Waals surface area contributed by atoms with Crippen molar-refractivity contribution in [3.8, 4) is 0 Å². The Morgan fingerprint density at radius 1 is 0.633 bits per heavy atom. The van der Waals surface area contributed by atoms with Crippen LogP contribution in [0.5, 0.6) is 0 Å². The van der Waals surface area contributed by atoms with Crippen LogP contribution in [0.1, 0.15) is 81.8 Å². The minimum atomic E-state index is -1.40. The lowest BCUT2D eigenvalue weighted by Gasteiger charge is -2.38. The van der Waals surface area contributed by atoms with Gasteiger partial charge in [-0.1, -0.05) is 62.1 Å². The monoisotopic (exact) mass is 818 g/mol. The summed E-state index contributed by atoms with van der Waals surface area (Å²) in [5.74, 6) is -3.05. The summed E-state index contributed by atoms with van der Waals surface area (Å²) in [5.41, 5.74) is 1.87. The van der Waals surface area contributed by atoms with Crippen LogP contribution in [-0.2, 0) is 41.6 Å². The summed E-state index contributed by atoms with van der Waals surface area (Å²) in [6.45, 7) is -0.488. The predicted octanol–water partition coefficient (Wildman–Crippen LogP) is 2.47. The van der Waals surface area contributed by atoms with Crippen LogP contribution < -0.4 is 21.3 Å². The van der Waals surface area contributed by atoms with Gasteiger partial charge in [0, 0.05) is 59.6 Å². The number of aromatic nitrogens is 2. The summed E-state index contributed by atoms with van der Waals surface area (Å²) in [6, 6.07) is 9.61. The molecule has 5 heterocycles. The second-order valence-corrected chi connectivity index (χ2v) is 17.5. The van der Waals surface area contributed by atoms with Gasteiger partial charge in [0.15, 0.2) is 0 Å². The van der Waals surface area contributed by atoms with Crippen LogP contribution in [0.3, 0.4) is 0 Å². The Morgan fingerprint density at radius 3 is 1.92 bits per heavy atom. The number of fused-ring (bicyclic) bond motifs is 6. The molecule has 9 rings (SSSR count). The number of carbonyl (C=O) groups excluding carboxylic acids is 6. The van der Waals surface area contributed by atoms with Crippen LogP contribution in [0.15, 0.2) is 60.9 Å². The van der Waals surface area contributed by atoms with E-state index >= 15 is 0 Å². The van der Waals surface area contributed by atoms with Gasteiger partial charge >= 0.3 is 0 Å². The molecule has 0 radical (unpaired) electrons. The molecule has 2 aliphatic carbocycles. The van der Waals surface area contributed by atoms with Crippen LogP contribution >= 0.6 is 0 Å². The maximum atomic E-state index is 14.9. The van der Waals surface area contributed by atoms with Crippen molar-refractivity contribution < 1.29 is 33.9 Å². The highest BCUT2D eigenvalue weighted by Gasteiger charge is 2.52. The number of amides is 6. The Labute approximate surface area is 347 Å². The highest BCUT2D eigenvalue weighted by molar-refractivity contribution is 6.00. The molecule has 60 heavy (non-hydrogen) atoms.